The van der Waals surface area contributed by atoms with E-state index < -0.39 is 0 Å². The van der Waals surface area contributed by atoms with Gasteiger partial charge >= 0.3 is 0 Å². The van der Waals surface area contributed by atoms with Crippen LogP contribution >= 0.6 is 0 Å². The highest BCUT2D eigenvalue weighted by Crippen LogP contribution is 2.48. The van der Waals surface area contributed by atoms with Crippen LogP contribution in [0, 0.1) is 12.8 Å². The summed E-state index contributed by atoms with van der Waals surface area (Å²) in [5.41, 5.74) is 0.255. The van der Waals surface area contributed by atoms with Crippen molar-refractivity contribution in [3.05, 3.63) is 6.92 Å². The molecule has 1 heteroatoms. The molecule has 0 bridgehead atoms. The van der Waals surface area contributed by atoms with Crippen LogP contribution in [-0.4, -0.2) is 11.7 Å². The van der Waals surface area contributed by atoms with Crippen LogP contribution in [0.3, 0.4) is 0 Å². The summed E-state index contributed by atoms with van der Waals surface area (Å²) in [6, 6.07) is 0. The molecular weight excluding hydrogens is 112 g/mol. The van der Waals surface area contributed by atoms with Gasteiger partial charge in [-0.25, -0.2) is 0 Å². The van der Waals surface area contributed by atoms with E-state index in [1.165, 1.54) is 19.3 Å². The van der Waals surface area contributed by atoms with Crippen molar-refractivity contribution < 1.29 is 4.74 Å². The summed E-state index contributed by atoms with van der Waals surface area (Å²) in [7, 11) is 0. The predicted octanol–water partition coefficient (Wildman–Crippen LogP) is 1.78. The van der Waals surface area contributed by atoms with E-state index in [1.807, 2.05) is 0 Å². The van der Waals surface area contributed by atoms with Crippen molar-refractivity contribution >= 4 is 0 Å². The summed E-state index contributed by atoms with van der Waals surface area (Å²) >= 11 is 0. The Bertz CT molecular complexity index is 133. The monoisotopic (exact) mass is 125 g/mol. The number of rotatable bonds is 0. The summed E-state index contributed by atoms with van der Waals surface area (Å²) in [6.07, 6.45) is 4.28. The molecule has 0 N–H and O–H groups in total. The minimum atomic E-state index is 0.255. The van der Waals surface area contributed by atoms with Crippen molar-refractivity contribution in [1.82, 2.24) is 0 Å². The lowest BCUT2D eigenvalue weighted by molar-refractivity contribution is 0.290. The topological polar surface area (TPSA) is 12.5 Å². The first-order chi connectivity index (χ1) is 4.21. The molecule has 1 saturated heterocycles. The average molecular weight is 125 g/mol. The van der Waals surface area contributed by atoms with Crippen LogP contribution in [0.15, 0.2) is 0 Å². The maximum absolute atomic E-state index is 5.50. The highest BCUT2D eigenvalue weighted by atomic mass is 16.6. The number of epoxide rings is 1. The molecule has 2 rings (SSSR count). The van der Waals surface area contributed by atoms with E-state index in [0.717, 1.165) is 0 Å². The van der Waals surface area contributed by atoms with E-state index in [9.17, 15) is 0 Å². The molecule has 1 nitrogen and oxygen atoms in total. The molecule has 0 spiro atoms. The Hall–Kier alpha value is -0.0400. The Labute approximate surface area is 56.4 Å². The van der Waals surface area contributed by atoms with Gasteiger partial charge in [0.2, 0.25) is 0 Å². The van der Waals surface area contributed by atoms with E-state index >= 15 is 0 Å². The first-order valence-corrected chi connectivity index (χ1v) is 3.72. The zero-order chi connectivity index (χ0) is 6.48. The molecule has 1 saturated carbocycles. The van der Waals surface area contributed by atoms with E-state index in [4.69, 9.17) is 4.74 Å². The van der Waals surface area contributed by atoms with Crippen molar-refractivity contribution in [3.8, 4) is 0 Å². The van der Waals surface area contributed by atoms with Gasteiger partial charge in [-0.2, -0.15) is 0 Å². The van der Waals surface area contributed by atoms with E-state index in [1.54, 1.807) is 0 Å². The summed E-state index contributed by atoms with van der Waals surface area (Å²) in [5.74, 6) is 0.647. The summed E-state index contributed by atoms with van der Waals surface area (Å²) in [4.78, 5) is 0. The number of hydrogen-bond donors (Lipinski definition) is 0. The average Bonchev–Trinajstić information content (AvgIpc) is 2.38. The van der Waals surface area contributed by atoms with Crippen LogP contribution in [0.25, 0.3) is 0 Å². The number of fused-ring (bicyclic) bond motifs is 1. The van der Waals surface area contributed by atoms with Crippen molar-refractivity contribution in [1.29, 1.82) is 0 Å². The minimum Gasteiger partial charge on any atom is -0.366 e. The molecule has 0 amide bonds. The SMILES string of the molecule is [CH2]C1CCC2OC2(C)C1. The van der Waals surface area contributed by atoms with Crippen molar-refractivity contribution in [2.24, 2.45) is 5.92 Å². The molecule has 1 aliphatic carbocycles. The molecular formula is C8H13O. The second-order valence-electron chi connectivity index (χ2n) is 3.57. The number of ether oxygens (including phenoxy) is 1. The van der Waals surface area contributed by atoms with Crippen LogP contribution in [0.2, 0.25) is 0 Å². The largest absolute Gasteiger partial charge is 0.366 e. The predicted molar refractivity (Wildman–Crippen MR) is 36.0 cm³/mol. The molecule has 0 aromatic heterocycles. The van der Waals surface area contributed by atoms with Crippen LogP contribution in [0.4, 0.5) is 0 Å². The van der Waals surface area contributed by atoms with Crippen molar-refractivity contribution in [3.63, 3.8) is 0 Å². The van der Waals surface area contributed by atoms with Crippen molar-refractivity contribution in [2.75, 3.05) is 0 Å². The van der Waals surface area contributed by atoms with Crippen LogP contribution in [0.5, 0.6) is 0 Å². The van der Waals surface area contributed by atoms with Gasteiger partial charge in [0.05, 0.1) is 11.7 Å². The lowest BCUT2D eigenvalue weighted by Gasteiger charge is -2.18. The fourth-order valence-electron chi connectivity index (χ4n) is 1.90. The second-order valence-corrected chi connectivity index (χ2v) is 3.57. The normalized spacial score (nSPS) is 56.7. The Morgan fingerprint density at radius 3 is 2.89 bits per heavy atom. The van der Waals surface area contributed by atoms with Gasteiger partial charge in [-0.3, -0.25) is 0 Å². The summed E-state index contributed by atoms with van der Waals surface area (Å²) < 4.78 is 5.50. The van der Waals surface area contributed by atoms with Gasteiger partial charge in [0.15, 0.2) is 0 Å². The highest BCUT2D eigenvalue weighted by Gasteiger charge is 2.54. The van der Waals surface area contributed by atoms with Gasteiger partial charge in [-0.1, -0.05) is 6.92 Å². The third kappa shape index (κ3) is 0.787. The zero-order valence-corrected chi connectivity index (χ0v) is 5.89. The lowest BCUT2D eigenvalue weighted by Crippen LogP contribution is -2.20. The first-order valence-electron chi connectivity index (χ1n) is 3.72. The molecule has 3 unspecified atom stereocenters. The maximum Gasteiger partial charge on any atom is 0.0923 e. The van der Waals surface area contributed by atoms with Crippen molar-refractivity contribution in [2.45, 2.75) is 37.9 Å². The highest BCUT2D eigenvalue weighted by molar-refractivity contribution is 5.03. The molecule has 1 heterocycles. The van der Waals surface area contributed by atoms with Gasteiger partial charge in [-0.05, 0) is 32.1 Å². The fourth-order valence-corrected chi connectivity index (χ4v) is 1.90. The molecule has 0 aromatic carbocycles. The third-order valence-electron chi connectivity index (χ3n) is 2.57. The molecule has 1 aliphatic heterocycles. The minimum absolute atomic E-state index is 0.255. The Morgan fingerprint density at radius 2 is 2.33 bits per heavy atom. The van der Waals surface area contributed by atoms with Gasteiger partial charge < -0.3 is 4.74 Å². The summed E-state index contributed by atoms with van der Waals surface area (Å²) in [6.45, 7) is 6.24. The molecule has 1 radical (unpaired) electrons. The quantitative estimate of drug-likeness (QED) is 0.449. The number of hydrogen-bond acceptors (Lipinski definition) is 1. The molecule has 2 fully saturated rings. The van der Waals surface area contributed by atoms with E-state index in [0.29, 0.717) is 12.0 Å². The molecule has 51 valence electrons. The Balaban J connectivity index is 2.03. The zero-order valence-electron chi connectivity index (χ0n) is 5.89. The molecule has 0 aromatic rings. The standard InChI is InChI=1S/C8H13O/c1-6-3-4-7-8(2,5-6)9-7/h6-7H,1,3-5H2,2H3. The van der Waals surface area contributed by atoms with E-state index in [2.05, 4.69) is 13.8 Å². The Kier molecular flexibility index (Phi) is 0.963. The Morgan fingerprint density at radius 1 is 1.56 bits per heavy atom. The second kappa shape index (κ2) is 1.51. The fraction of sp³-hybridized carbons (Fsp3) is 0.875. The van der Waals surface area contributed by atoms with Crippen LogP contribution < -0.4 is 0 Å². The van der Waals surface area contributed by atoms with Crippen LogP contribution in [0.1, 0.15) is 26.2 Å². The van der Waals surface area contributed by atoms with Gasteiger partial charge in [-0.15, -0.1) is 0 Å². The van der Waals surface area contributed by atoms with Crippen LogP contribution in [-0.2, 0) is 4.74 Å². The van der Waals surface area contributed by atoms with Gasteiger partial charge in [0, 0.05) is 0 Å². The van der Waals surface area contributed by atoms with E-state index in [-0.39, 0.29) is 5.60 Å². The van der Waals surface area contributed by atoms with Gasteiger partial charge in [0.1, 0.15) is 0 Å². The smallest absolute Gasteiger partial charge is 0.0923 e. The maximum atomic E-state index is 5.50. The lowest BCUT2D eigenvalue weighted by atomic mass is 9.84. The molecule has 2 aliphatic rings. The summed E-state index contributed by atoms with van der Waals surface area (Å²) in [5, 5.41) is 0. The first kappa shape index (κ1) is 5.72. The molecule has 9 heavy (non-hydrogen) atoms. The third-order valence-corrected chi connectivity index (χ3v) is 2.57. The molecule has 3 atom stereocenters. The van der Waals surface area contributed by atoms with Gasteiger partial charge in [0.25, 0.3) is 0 Å².